The van der Waals surface area contributed by atoms with Gasteiger partial charge in [0, 0.05) is 15.6 Å². The molecule has 0 aliphatic rings. The van der Waals surface area contributed by atoms with E-state index >= 15 is 0 Å². The lowest BCUT2D eigenvalue weighted by Gasteiger charge is -2.10. The highest BCUT2D eigenvalue weighted by molar-refractivity contribution is 9.11. The van der Waals surface area contributed by atoms with Gasteiger partial charge in [0.25, 0.3) is 5.91 Å². The van der Waals surface area contributed by atoms with Crippen LogP contribution < -0.4 is 10.2 Å². The monoisotopic (exact) mass is 532 g/mol. The number of nitrogens with one attached hydrogen (secondary N) is 1. The third kappa shape index (κ3) is 5.61. The highest BCUT2D eigenvalue weighted by atomic mass is 79.9. The minimum atomic E-state index is -0.386. The standard InChI is InChI=1S/C20H18Br2N6O2/c1-3-8-30-19-14(9-15(21)10-17(19)22)11-23-24-18(29)12-28-26-20(25-27-28)16-7-5-4-6-13(16)2/h3-7,9-11H,1,8,12H2,2H3,(H,24,29)/b23-11-. The number of aryl methyl sites for hydroxylation is 1. The van der Waals surface area contributed by atoms with Crippen molar-refractivity contribution in [2.24, 2.45) is 5.10 Å². The molecule has 10 heteroatoms. The van der Waals surface area contributed by atoms with Crippen LogP contribution in [0.2, 0.25) is 0 Å². The third-order valence-corrected chi connectivity index (χ3v) is 4.95. The Morgan fingerprint density at radius 3 is 2.90 bits per heavy atom. The zero-order chi connectivity index (χ0) is 21.5. The van der Waals surface area contributed by atoms with Crippen LogP contribution in [0.5, 0.6) is 5.75 Å². The summed E-state index contributed by atoms with van der Waals surface area (Å²) in [5, 5.41) is 16.2. The number of aromatic nitrogens is 4. The van der Waals surface area contributed by atoms with Crippen molar-refractivity contribution in [2.75, 3.05) is 6.61 Å². The molecule has 1 amide bonds. The van der Waals surface area contributed by atoms with Gasteiger partial charge in [-0.05, 0) is 45.8 Å². The Morgan fingerprint density at radius 1 is 1.33 bits per heavy atom. The molecule has 0 aliphatic heterocycles. The Bertz CT molecular complexity index is 1100. The largest absolute Gasteiger partial charge is 0.488 e. The van der Waals surface area contributed by atoms with E-state index in [4.69, 9.17) is 4.74 Å². The normalized spacial score (nSPS) is 10.9. The molecule has 0 unspecified atom stereocenters. The summed E-state index contributed by atoms with van der Waals surface area (Å²) >= 11 is 6.88. The second kappa shape index (κ2) is 10.3. The summed E-state index contributed by atoms with van der Waals surface area (Å²) in [7, 11) is 0. The minimum absolute atomic E-state index is 0.113. The predicted octanol–water partition coefficient (Wildman–Crippen LogP) is 3.89. The first-order valence-corrected chi connectivity index (χ1v) is 10.4. The summed E-state index contributed by atoms with van der Waals surface area (Å²) in [6.45, 7) is 5.84. The van der Waals surface area contributed by atoms with Gasteiger partial charge >= 0.3 is 0 Å². The summed E-state index contributed by atoms with van der Waals surface area (Å²) in [5.74, 6) is 0.673. The van der Waals surface area contributed by atoms with Gasteiger partial charge in [0.1, 0.15) is 18.9 Å². The van der Waals surface area contributed by atoms with Crippen LogP contribution in [0, 0.1) is 6.92 Å². The smallest absolute Gasteiger partial charge is 0.263 e. The Kier molecular flexibility index (Phi) is 7.47. The van der Waals surface area contributed by atoms with E-state index in [0.29, 0.717) is 23.7 Å². The van der Waals surface area contributed by atoms with Gasteiger partial charge in [-0.15, -0.1) is 10.2 Å². The molecule has 0 saturated heterocycles. The van der Waals surface area contributed by atoms with Crippen molar-refractivity contribution in [1.82, 2.24) is 25.6 Å². The molecule has 0 saturated carbocycles. The number of hydrogen-bond donors (Lipinski definition) is 1. The quantitative estimate of drug-likeness (QED) is 0.269. The number of tetrazole rings is 1. The second-order valence-electron chi connectivity index (χ2n) is 6.16. The predicted molar refractivity (Wildman–Crippen MR) is 121 cm³/mol. The van der Waals surface area contributed by atoms with Crippen molar-refractivity contribution in [3.8, 4) is 17.1 Å². The van der Waals surface area contributed by atoms with Crippen LogP contribution >= 0.6 is 31.9 Å². The van der Waals surface area contributed by atoms with Gasteiger partial charge in [0.15, 0.2) is 0 Å². The average molecular weight is 534 g/mol. The summed E-state index contributed by atoms with van der Waals surface area (Å²) in [5.41, 5.74) is 5.04. The van der Waals surface area contributed by atoms with Crippen molar-refractivity contribution in [1.29, 1.82) is 0 Å². The van der Waals surface area contributed by atoms with Crippen molar-refractivity contribution in [3.63, 3.8) is 0 Å². The van der Waals surface area contributed by atoms with Gasteiger partial charge in [-0.25, -0.2) is 5.43 Å². The van der Waals surface area contributed by atoms with E-state index in [0.717, 1.165) is 20.1 Å². The Balaban J connectivity index is 1.65. The number of nitrogens with zero attached hydrogens (tertiary/aromatic N) is 5. The molecular formula is C20H18Br2N6O2. The van der Waals surface area contributed by atoms with Crippen molar-refractivity contribution in [3.05, 3.63) is 69.1 Å². The topological polar surface area (TPSA) is 94.3 Å². The van der Waals surface area contributed by atoms with E-state index in [1.807, 2.05) is 43.3 Å². The molecule has 8 nitrogen and oxygen atoms in total. The Morgan fingerprint density at radius 2 is 2.13 bits per heavy atom. The summed E-state index contributed by atoms with van der Waals surface area (Å²) in [6.07, 6.45) is 3.15. The number of halogens is 2. The highest BCUT2D eigenvalue weighted by Gasteiger charge is 2.11. The number of amides is 1. The molecule has 2 aromatic carbocycles. The van der Waals surface area contributed by atoms with E-state index in [-0.39, 0.29) is 12.5 Å². The van der Waals surface area contributed by atoms with Crippen LogP contribution in [0.4, 0.5) is 0 Å². The Hall–Kier alpha value is -2.85. The molecule has 1 aromatic heterocycles. The molecule has 1 heterocycles. The van der Waals surface area contributed by atoms with Gasteiger partial charge in [-0.3, -0.25) is 4.79 Å². The van der Waals surface area contributed by atoms with Gasteiger partial charge in [0.05, 0.1) is 10.7 Å². The van der Waals surface area contributed by atoms with Gasteiger partial charge in [0.2, 0.25) is 5.82 Å². The van der Waals surface area contributed by atoms with Crippen LogP contribution in [-0.4, -0.2) is 38.9 Å². The molecule has 154 valence electrons. The lowest BCUT2D eigenvalue weighted by Crippen LogP contribution is -2.24. The second-order valence-corrected chi connectivity index (χ2v) is 7.93. The maximum atomic E-state index is 12.2. The van der Waals surface area contributed by atoms with Crippen LogP contribution in [0.15, 0.2) is 63.1 Å². The molecular weight excluding hydrogens is 516 g/mol. The number of benzene rings is 2. The zero-order valence-electron chi connectivity index (χ0n) is 16.0. The molecule has 3 rings (SSSR count). The number of hydrogen-bond acceptors (Lipinski definition) is 6. The average Bonchev–Trinajstić information content (AvgIpc) is 3.15. The van der Waals surface area contributed by atoms with Crippen molar-refractivity contribution in [2.45, 2.75) is 13.5 Å². The summed E-state index contributed by atoms with van der Waals surface area (Å²) in [4.78, 5) is 13.4. The molecule has 3 aromatic rings. The maximum absolute atomic E-state index is 12.2. The molecule has 0 fully saturated rings. The first-order chi connectivity index (χ1) is 14.5. The van der Waals surface area contributed by atoms with Gasteiger partial charge < -0.3 is 4.74 Å². The van der Waals surface area contributed by atoms with Crippen molar-refractivity contribution >= 4 is 44.0 Å². The van der Waals surface area contributed by atoms with E-state index in [9.17, 15) is 4.79 Å². The van der Waals surface area contributed by atoms with E-state index < -0.39 is 0 Å². The van der Waals surface area contributed by atoms with E-state index in [2.05, 4.69) is 64.4 Å². The van der Waals surface area contributed by atoms with Crippen molar-refractivity contribution < 1.29 is 9.53 Å². The van der Waals surface area contributed by atoms with Crippen LogP contribution in [0.3, 0.4) is 0 Å². The Labute approximate surface area is 190 Å². The number of carbonyl (C=O) groups excluding carboxylic acids is 1. The van der Waals surface area contributed by atoms with Crippen LogP contribution in [0.25, 0.3) is 11.4 Å². The highest BCUT2D eigenvalue weighted by Crippen LogP contribution is 2.32. The SMILES string of the molecule is C=CCOc1c(Br)cc(Br)cc1/C=N\NC(=O)Cn1nnc(-c2ccccc2C)n1. The molecule has 0 atom stereocenters. The fourth-order valence-corrected chi connectivity index (χ4v) is 3.92. The van der Waals surface area contributed by atoms with Crippen LogP contribution in [0.1, 0.15) is 11.1 Å². The number of carbonyl (C=O) groups is 1. The molecule has 0 bridgehead atoms. The lowest BCUT2D eigenvalue weighted by molar-refractivity contribution is -0.122. The maximum Gasteiger partial charge on any atom is 0.263 e. The van der Waals surface area contributed by atoms with E-state index in [1.165, 1.54) is 11.0 Å². The summed E-state index contributed by atoms with van der Waals surface area (Å²) in [6, 6.07) is 11.4. The number of hydrazone groups is 1. The first-order valence-electron chi connectivity index (χ1n) is 8.86. The van der Waals surface area contributed by atoms with Gasteiger partial charge in [-0.1, -0.05) is 52.9 Å². The first kappa shape index (κ1) is 21.8. The third-order valence-electron chi connectivity index (χ3n) is 3.90. The molecule has 30 heavy (non-hydrogen) atoms. The van der Waals surface area contributed by atoms with Crippen LogP contribution in [-0.2, 0) is 11.3 Å². The molecule has 0 spiro atoms. The molecule has 1 N–H and O–H groups in total. The zero-order valence-corrected chi connectivity index (χ0v) is 19.2. The minimum Gasteiger partial charge on any atom is -0.488 e. The molecule has 0 aliphatic carbocycles. The number of rotatable bonds is 8. The molecule has 0 radical (unpaired) electrons. The van der Waals surface area contributed by atoms with Gasteiger partial charge in [-0.2, -0.15) is 9.90 Å². The fourth-order valence-electron chi connectivity index (χ4n) is 2.55. The number of ether oxygens (including phenoxy) is 1. The lowest BCUT2D eigenvalue weighted by atomic mass is 10.1. The van der Waals surface area contributed by atoms with E-state index in [1.54, 1.807) is 6.08 Å². The fraction of sp³-hybridized carbons (Fsp3) is 0.150. The summed E-state index contributed by atoms with van der Waals surface area (Å²) < 4.78 is 7.25.